The maximum absolute atomic E-state index is 6.05. The molecule has 6 nitrogen and oxygen atoms in total. The second kappa shape index (κ2) is 10.7. The van der Waals surface area contributed by atoms with Gasteiger partial charge in [0, 0.05) is 44.3 Å². The molecule has 32 heavy (non-hydrogen) atoms. The number of rotatable bonds is 9. The van der Waals surface area contributed by atoms with Crippen molar-refractivity contribution < 1.29 is 14.2 Å². The minimum atomic E-state index is 0.00737. The highest BCUT2D eigenvalue weighted by Gasteiger charge is 2.34. The number of nitrogens with zero attached hydrogens (tertiary/aromatic N) is 1. The first-order valence-electron chi connectivity index (χ1n) is 11.6. The summed E-state index contributed by atoms with van der Waals surface area (Å²) in [4.78, 5) is 4.46. The van der Waals surface area contributed by atoms with Crippen LogP contribution in [-0.4, -0.2) is 46.5 Å². The minimum absolute atomic E-state index is 0.00737. The van der Waals surface area contributed by atoms with Crippen molar-refractivity contribution in [2.24, 2.45) is 10.9 Å². The molecule has 2 aliphatic rings. The smallest absolute Gasteiger partial charge is 0.191 e. The lowest BCUT2D eigenvalue weighted by molar-refractivity contribution is 0.0513. The fourth-order valence-electron chi connectivity index (χ4n) is 4.21. The lowest BCUT2D eigenvalue weighted by atomic mass is 9.74. The van der Waals surface area contributed by atoms with Gasteiger partial charge in [0.15, 0.2) is 5.96 Å². The second-order valence-corrected chi connectivity index (χ2v) is 8.76. The number of hydrogen-bond acceptors (Lipinski definition) is 4. The maximum Gasteiger partial charge on any atom is 0.191 e. The van der Waals surface area contributed by atoms with Crippen molar-refractivity contribution in [3.63, 3.8) is 0 Å². The molecule has 0 radical (unpaired) electrons. The molecule has 0 bridgehead atoms. The molecule has 0 atom stereocenters. The van der Waals surface area contributed by atoms with Crippen LogP contribution >= 0.6 is 0 Å². The van der Waals surface area contributed by atoms with Gasteiger partial charge in [-0.25, -0.2) is 0 Å². The summed E-state index contributed by atoms with van der Waals surface area (Å²) in [5, 5.41) is 7.03. The standard InChI is InChI=1S/C26H35N3O3/c1-27-25(28-17-21-5-3-4-6-24(21)32-18-20-7-8-20)29-19-26(13-15-31-16-14-26)22-9-11-23(30-2)12-10-22/h3-6,9-12,20H,7-8,13-19H2,1-2H3,(H2,27,28,29). The number of nitrogens with one attached hydrogen (secondary N) is 2. The van der Waals surface area contributed by atoms with E-state index in [2.05, 4.69) is 46.0 Å². The highest BCUT2D eigenvalue weighted by atomic mass is 16.5. The molecule has 2 aromatic rings. The average molecular weight is 438 g/mol. The molecule has 2 fully saturated rings. The monoisotopic (exact) mass is 437 g/mol. The summed E-state index contributed by atoms with van der Waals surface area (Å²) in [6.07, 6.45) is 4.53. The van der Waals surface area contributed by atoms with Crippen LogP contribution in [0.15, 0.2) is 53.5 Å². The predicted molar refractivity (Wildman–Crippen MR) is 128 cm³/mol. The summed E-state index contributed by atoms with van der Waals surface area (Å²) >= 11 is 0. The Morgan fingerprint density at radius 1 is 1.06 bits per heavy atom. The molecule has 1 aliphatic heterocycles. The first-order chi connectivity index (χ1) is 15.7. The molecule has 1 saturated carbocycles. The Balaban J connectivity index is 1.38. The average Bonchev–Trinajstić information content (AvgIpc) is 3.69. The number of ether oxygens (including phenoxy) is 3. The van der Waals surface area contributed by atoms with E-state index in [-0.39, 0.29) is 5.41 Å². The summed E-state index contributed by atoms with van der Waals surface area (Å²) in [6.45, 7) is 3.81. The third kappa shape index (κ3) is 5.74. The van der Waals surface area contributed by atoms with Crippen molar-refractivity contribution >= 4 is 5.96 Å². The van der Waals surface area contributed by atoms with E-state index in [1.54, 1.807) is 7.11 Å². The van der Waals surface area contributed by atoms with Gasteiger partial charge < -0.3 is 24.8 Å². The minimum Gasteiger partial charge on any atom is -0.497 e. The zero-order valence-electron chi connectivity index (χ0n) is 19.2. The van der Waals surface area contributed by atoms with Gasteiger partial charge in [0.2, 0.25) is 0 Å². The van der Waals surface area contributed by atoms with Crippen LogP contribution in [0, 0.1) is 5.92 Å². The SMILES string of the molecule is CN=C(NCc1ccccc1OCC1CC1)NCC1(c2ccc(OC)cc2)CCOCC1. The predicted octanol–water partition coefficient (Wildman–Crippen LogP) is 3.90. The largest absolute Gasteiger partial charge is 0.497 e. The zero-order valence-corrected chi connectivity index (χ0v) is 19.2. The van der Waals surface area contributed by atoms with Crippen molar-refractivity contribution in [3.05, 3.63) is 59.7 Å². The molecular weight excluding hydrogens is 402 g/mol. The number of guanidine groups is 1. The fraction of sp³-hybridized carbons (Fsp3) is 0.500. The van der Waals surface area contributed by atoms with Gasteiger partial charge in [0.25, 0.3) is 0 Å². The summed E-state index contributed by atoms with van der Waals surface area (Å²) in [5.41, 5.74) is 2.46. The van der Waals surface area contributed by atoms with E-state index in [1.807, 2.05) is 25.2 Å². The van der Waals surface area contributed by atoms with Crippen molar-refractivity contribution in [3.8, 4) is 11.5 Å². The van der Waals surface area contributed by atoms with E-state index in [1.165, 1.54) is 18.4 Å². The summed E-state index contributed by atoms with van der Waals surface area (Å²) in [7, 11) is 3.51. The van der Waals surface area contributed by atoms with Gasteiger partial charge in [0.05, 0.1) is 13.7 Å². The van der Waals surface area contributed by atoms with E-state index in [0.717, 1.165) is 68.1 Å². The van der Waals surface area contributed by atoms with E-state index in [9.17, 15) is 0 Å². The number of benzene rings is 2. The fourth-order valence-corrected chi connectivity index (χ4v) is 4.21. The summed E-state index contributed by atoms with van der Waals surface area (Å²) in [5.74, 6) is 3.37. The van der Waals surface area contributed by atoms with E-state index < -0.39 is 0 Å². The second-order valence-electron chi connectivity index (χ2n) is 8.76. The van der Waals surface area contributed by atoms with Crippen LogP contribution in [0.25, 0.3) is 0 Å². The quantitative estimate of drug-likeness (QED) is 0.460. The lowest BCUT2D eigenvalue weighted by Crippen LogP contribution is -2.47. The first kappa shape index (κ1) is 22.5. The third-order valence-corrected chi connectivity index (χ3v) is 6.56. The molecule has 0 amide bonds. The number of methoxy groups -OCH3 is 1. The molecule has 2 N–H and O–H groups in total. The normalized spacial score (nSPS) is 18.1. The topological polar surface area (TPSA) is 64.1 Å². The third-order valence-electron chi connectivity index (χ3n) is 6.56. The zero-order chi connectivity index (χ0) is 22.2. The highest BCUT2D eigenvalue weighted by molar-refractivity contribution is 5.79. The molecular formula is C26H35N3O3. The Hall–Kier alpha value is -2.73. The molecule has 0 spiro atoms. The Kier molecular flexibility index (Phi) is 7.53. The lowest BCUT2D eigenvalue weighted by Gasteiger charge is -2.38. The van der Waals surface area contributed by atoms with Crippen LogP contribution in [0.3, 0.4) is 0 Å². The molecule has 2 aromatic carbocycles. The van der Waals surface area contributed by atoms with Gasteiger partial charge in [-0.15, -0.1) is 0 Å². The van der Waals surface area contributed by atoms with Gasteiger partial charge in [-0.1, -0.05) is 30.3 Å². The Morgan fingerprint density at radius 2 is 1.81 bits per heavy atom. The summed E-state index contributed by atoms with van der Waals surface area (Å²) < 4.78 is 17.1. The van der Waals surface area contributed by atoms with Crippen molar-refractivity contribution in [2.75, 3.05) is 40.5 Å². The summed E-state index contributed by atoms with van der Waals surface area (Å²) in [6, 6.07) is 16.7. The Morgan fingerprint density at radius 3 is 2.50 bits per heavy atom. The van der Waals surface area contributed by atoms with E-state index >= 15 is 0 Å². The number of hydrogen-bond donors (Lipinski definition) is 2. The van der Waals surface area contributed by atoms with Crippen molar-refractivity contribution in [1.29, 1.82) is 0 Å². The van der Waals surface area contributed by atoms with Crippen LogP contribution in [-0.2, 0) is 16.7 Å². The van der Waals surface area contributed by atoms with Gasteiger partial charge in [-0.2, -0.15) is 0 Å². The molecule has 1 aliphatic carbocycles. The van der Waals surface area contributed by atoms with Gasteiger partial charge in [0.1, 0.15) is 11.5 Å². The maximum atomic E-state index is 6.05. The molecule has 0 aromatic heterocycles. The molecule has 172 valence electrons. The highest BCUT2D eigenvalue weighted by Crippen LogP contribution is 2.35. The Bertz CT molecular complexity index is 887. The van der Waals surface area contributed by atoms with Crippen molar-refractivity contribution in [1.82, 2.24) is 10.6 Å². The van der Waals surface area contributed by atoms with Gasteiger partial charge in [-0.05, 0) is 55.4 Å². The van der Waals surface area contributed by atoms with Crippen LogP contribution in [0.2, 0.25) is 0 Å². The van der Waals surface area contributed by atoms with Gasteiger partial charge in [-0.3, -0.25) is 4.99 Å². The number of para-hydroxylation sites is 1. The number of aliphatic imine (C=N–C) groups is 1. The van der Waals surface area contributed by atoms with Crippen LogP contribution in [0.1, 0.15) is 36.8 Å². The first-order valence-corrected chi connectivity index (χ1v) is 11.6. The van der Waals surface area contributed by atoms with Crippen LogP contribution in [0.5, 0.6) is 11.5 Å². The van der Waals surface area contributed by atoms with Crippen molar-refractivity contribution in [2.45, 2.75) is 37.6 Å². The molecule has 1 saturated heterocycles. The van der Waals surface area contributed by atoms with Crippen LogP contribution < -0.4 is 20.1 Å². The molecule has 1 heterocycles. The molecule has 4 rings (SSSR count). The molecule has 0 unspecified atom stereocenters. The Labute approximate surface area is 191 Å². The molecule has 6 heteroatoms. The van der Waals surface area contributed by atoms with E-state index in [0.29, 0.717) is 6.54 Å². The van der Waals surface area contributed by atoms with Gasteiger partial charge >= 0.3 is 0 Å². The van der Waals surface area contributed by atoms with Crippen LogP contribution in [0.4, 0.5) is 0 Å². The van der Waals surface area contributed by atoms with E-state index in [4.69, 9.17) is 14.2 Å².